The van der Waals surface area contributed by atoms with E-state index in [-0.39, 0.29) is 0 Å². The summed E-state index contributed by atoms with van der Waals surface area (Å²) >= 11 is 0. The van der Waals surface area contributed by atoms with Crippen LogP contribution in [-0.2, 0) is 6.42 Å². The minimum atomic E-state index is 0.908. The van der Waals surface area contributed by atoms with Gasteiger partial charge in [-0.1, -0.05) is 158 Å². The minimum Gasteiger partial charge on any atom is -0.455 e. The van der Waals surface area contributed by atoms with Crippen molar-refractivity contribution in [3.05, 3.63) is 217 Å². The predicted molar refractivity (Wildman–Crippen MR) is 255 cm³/mol. The maximum absolute atomic E-state index is 6.46. The standard InChI is InChI=1S/C58H39NO/c1-3-17-46-41(13-1)36-55(51-21-7-5-19-49(46)51)39-29-33-44(34-30-39)59(43-31-27-38(28-32-43)48-24-12-25-54-53-23-9-10-26-57(53)60-58(48)54)45-16-11-15-40(35-45)56-37-42-14-2-4-18-47(42)50-20-6-8-22-52(50)56/h1-5,7-19,21-37H,6,20H2. The van der Waals surface area contributed by atoms with Crippen molar-refractivity contribution in [1.82, 2.24) is 0 Å². The number of fused-ring (bicyclic) bond motifs is 9. The lowest BCUT2D eigenvalue weighted by Crippen LogP contribution is -2.10. The van der Waals surface area contributed by atoms with E-state index in [1.54, 1.807) is 0 Å². The van der Waals surface area contributed by atoms with E-state index < -0.39 is 0 Å². The van der Waals surface area contributed by atoms with Crippen LogP contribution in [0.1, 0.15) is 17.5 Å². The van der Waals surface area contributed by atoms with Crippen molar-refractivity contribution in [3.8, 4) is 33.4 Å². The van der Waals surface area contributed by atoms with Crippen molar-refractivity contribution in [3.63, 3.8) is 0 Å². The van der Waals surface area contributed by atoms with Crippen LogP contribution in [0.15, 0.2) is 211 Å². The van der Waals surface area contributed by atoms with E-state index in [0.29, 0.717) is 0 Å². The van der Waals surface area contributed by atoms with Gasteiger partial charge in [0.2, 0.25) is 0 Å². The summed E-state index contributed by atoms with van der Waals surface area (Å²) in [5, 5.41) is 9.98. The Morgan fingerprint density at radius 2 is 0.983 bits per heavy atom. The zero-order chi connectivity index (χ0) is 39.6. The molecule has 1 heterocycles. The van der Waals surface area contributed by atoms with Crippen molar-refractivity contribution in [2.75, 3.05) is 4.90 Å². The molecule has 11 aromatic rings. The lowest BCUT2D eigenvalue weighted by molar-refractivity contribution is 0.670. The number of aryl methyl sites for hydroxylation is 1. The molecule has 0 N–H and O–H groups in total. The molecule has 1 aliphatic carbocycles. The Kier molecular flexibility index (Phi) is 8.02. The predicted octanol–water partition coefficient (Wildman–Crippen LogP) is 16.5. The Hall–Kier alpha value is -7.68. The first-order valence-electron chi connectivity index (χ1n) is 20.9. The molecule has 0 amide bonds. The van der Waals surface area contributed by atoms with Crippen LogP contribution in [0.3, 0.4) is 0 Å². The van der Waals surface area contributed by atoms with Crippen LogP contribution in [-0.4, -0.2) is 0 Å². The molecule has 60 heavy (non-hydrogen) atoms. The summed E-state index contributed by atoms with van der Waals surface area (Å²) in [6.45, 7) is 0. The third-order valence-corrected chi connectivity index (χ3v) is 12.5. The molecular weight excluding hydrogens is 727 g/mol. The largest absolute Gasteiger partial charge is 0.455 e. The SMILES string of the molecule is C1=Cc2c(-c3cccc(N(c4ccc(-c5cc6ccccc6c6ccccc56)cc4)c4ccc(-c5cccc6c5oc5ccccc56)cc4)c3)cc3ccccc3c2CC1. The Bertz CT molecular complexity index is 3480. The zero-order valence-corrected chi connectivity index (χ0v) is 33.0. The Morgan fingerprint density at radius 3 is 1.77 bits per heavy atom. The molecule has 0 radical (unpaired) electrons. The van der Waals surface area contributed by atoms with E-state index in [9.17, 15) is 0 Å². The first-order chi connectivity index (χ1) is 29.7. The van der Waals surface area contributed by atoms with Crippen molar-refractivity contribution in [2.24, 2.45) is 0 Å². The van der Waals surface area contributed by atoms with E-state index in [1.807, 2.05) is 12.1 Å². The van der Waals surface area contributed by atoms with Gasteiger partial charge in [-0.05, 0) is 139 Å². The van der Waals surface area contributed by atoms with Gasteiger partial charge in [-0.25, -0.2) is 0 Å². The van der Waals surface area contributed by atoms with E-state index in [0.717, 1.165) is 63.0 Å². The van der Waals surface area contributed by atoms with Gasteiger partial charge in [0, 0.05) is 33.4 Å². The smallest absolute Gasteiger partial charge is 0.143 e. The highest BCUT2D eigenvalue weighted by atomic mass is 16.3. The maximum Gasteiger partial charge on any atom is 0.143 e. The number of benzene rings is 10. The molecule has 1 aromatic heterocycles. The van der Waals surface area contributed by atoms with Gasteiger partial charge in [0.05, 0.1) is 0 Å². The van der Waals surface area contributed by atoms with Crippen molar-refractivity contribution < 1.29 is 4.42 Å². The maximum atomic E-state index is 6.46. The van der Waals surface area contributed by atoms with Gasteiger partial charge in [-0.2, -0.15) is 0 Å². The minimum absolute atomic E-state index is 0.908. The normalized spacial score (nSPS) is 12.5. The van der Waals surface area contributed by atoms with Crippen LogP contribution in [0.5, 0.6) is 0 Å². The summed E-state index contributed by atoms with van der Waals surface area (Å²) in [6.07, 6.45) is 6.78. The van der Waals surface area contributed by atoms with Crippen molar-refractivity contribution >= 4 is 77.4 Å². The Balaban J connectivity index is 1.000. The molecule has 2 heteroatoms. The molecule has 0 unspecified atom stereocenters. The molecule has 0 aliphatic heterocycles. The number of para-hydroxylation sites is 2. The summed E-state index contributed by atoms with van der Waals surface area (Å²) in [7, 11) is 0. The first kappa shape index (κ1) is 34.4. The molecule has 0 saturated heterocycles. The first-order valence-corrected chi connectivity index (χ1v) is 20.9. The van der Waals surface area contributed by atoms with Crippen LogP contribution in [0, 0.1) is 0 Å². The quantitative estimate of drug-likeness (QED) is 0.157. The second-order valence-electron chi connectivity index (χ2n) is 15.9. The van der Waals surface area contributed by atoms with E-state index in [1.165, 1.54) is 65.7 Å². The fraction of sp³-hybridized carbons (Fsp3) is 0.0345. The van der Waals surface area contributed by atoms with Crippen LogP contribution >= 0.6 is 0 Å². The highest BCUT2D eigenvalue weighted by Crippen LogP contribution is 2.43. The zero-order valence-electron chi connectivity index (χ0n) is 33.0. The molecule has 12 rings (SSSR count). The number of hydrogen-bond acceptors (Lipinski definition) is 2. The molecule has 0 fully saturated rings. The molecule has 0 spiro atoms. The van der Waals surface area contributed by atoms with Crippen LogP contribution < -0.4 is 4.90 Å². The summed E-state index contributed by atoms with van der Waals surface area (Å²) < 4.78 is 6.46. The summed E-state index contributed by atoms with van der Waals surface area (Å²) in [5.74, 6) is 0. The van der Waals surface area contributed by atoms with E-state index in [4.69, 9.17) is 4.42 Å². The highest BCUT2D eigenvalue weighted by Gasteiger charge is 2.19. The molecule has 2 nitrogen and oxygen atoms in total. The third kappa shape index (κ3) is 5.64. The number of allylic oxidation sites excluding steroid dienone is 1. The van der Waals surface area contributed by atoms with Gasteiger partial charge in [0.1, 0.15) is 11.2 Å². The second kappa shape index (κ2) is 14.0. The van der Waals surface area contributed by atoms with Gasteiger partial charge in [-0.3, -0.25) is 0 Å². The molecule has 0 saturated carbocycles. The molecule has 0 atom stereocenters. The highest BCUT2D eigenvalue weighted by molar-refractivity contribution is 6.14. The number of hydrogen-bond donors (Lipinski definition) is 0. The molecule has 282 valence electrons. The lowest BCUT2D eigenvalue weighted by Gasteiger charge is -2.27. The summed E-state index contributed by atoms with van der Waals surface area (Å²) in [5.41, 5.74) is 15.0. The number of anilines is 3. The van der Waals surface area contributed by atoms with Gasteiger partial charge >= 0.3 is 0 Å². The molecular formula is C58H39NO. The fourth-order valence-corrected chi connectivity index (χ4v) is 9.67. The van der Waals surface area contributed by atoms with Crippen molar-refractivity contribution in [1.29, 1.82) is 0 Å². The lowest BCUT2D eigenvalue weighted by atomic mass is 9.86. The number of furan rings is 1. The number of rotatable bonds is 6. The fourth-order valence-electron chi connectivity index (χ4n) is 9.67. The molecule has 0 bridgehead atoms. The van der Waals surface area contributed by atoms with Gasteiger partial charge < -0.3 is 9.32 Å². The average Bonchev–Trinajstić information content (AvgIpc) is 3.71. The molecule has 10 aromatic carbocycles. The Morgan fingerprint density at radius 1 is 0.383 bits per heavy atom. The van der Waals surface area contributed by atoms with Gasteiger partial charge in [-0.15, -0.1) is 0 Å². The third-order valence-electron chi connectivity index (χ3n) is 12.5. The summed E-state index contributed by atoms with van der Waals surface area (Å²) in [4.78, 5) is 2.39. The van der Waals surface area contributed by atoms with E-state index >= 15 is 0 Å². The van der Waals surface area contributed by atoms with Crippen molar-refractivity contribution in [2.45, 2.75) is 12.8 Å². The molecule has 1 aliphatic rings. The van der Waals surface area contributed by atoms with Gasteiger partial charge in [0.15, 0.2) is 0 Å². The topological polar surface area (TPSA) is 16.4 Å². The summed E-state index contributed by atoms with van der Waals surface area (Å²) in [6, 6.07) is 72.9. The van der Waals surface area contributed by atoms with Crippen LogP contribution in [0.4, 0.5) is 17.1 Å². The van der Waals surface area contributed by atoms with Gasteiger partial charge in [0.25, 0.3) is 0 Å². The second-order valence-corrected chi connectivity index (χ2v) is 15.9. The Labute approximate surface area is 348 Å². The average molecular weight is 766 g/mol. The van der Waals surface area contributed by atoms with E-state index in [2.05, 4.69) is 205 Å². The number of nitrogens with zero attached hydrogens (tertiary/aromatic N) is 1. The van der Waals surface area contributed by atoms with Crippen LogP contribution in [0.2, 0.25) is 0 Å². The monoisotopic (exact) mass is 765 g/mol. The van der Waals surface area contributed by atoms with Crippen LogP contribution in [0.25, 0.3) is 93.7 Å².